The molecule has 1 saturated heterocycles. The zero-order valence-electron chi connectivity index (χ0n) is 9.28. The molecule has 1 fully saturated rings. The molecule has 3 N–H and O–H groups in total. The van der Waals surface area contributed by atoms with Gasteiger partial charge in [0.2, 0.25) is 10.0 Å². The Labute approximate surface area is 115 Å². The molecule has 1 aliphatic heterocycles. The lowest BCUT2D eigenvalue weighted by Crippen LogP contribution is -2.64. The Kier molecular flexibility index (Phi) is 3.87. The van der Waals surface area contributed by atoms with Crippen LogP contribution in [-0.2, 0) is 10.0 Å². The van der Waals surface area contributed by atoms with Crippen molar-refractivity contribution in [2.45, 2.75) is 10.5 Å². The van der Waals surface area contributed by atoms with Crippen LogP contribution in [0, 0.1) is 0 Å². The van der Waals surface area contributed by atoms with Crippen LogP contribution in [0.5, 0.6) is 0 Å². The van der Waals surface area contributed by atoms with Gasteiger partial charge in [0, 0.05) is 19.6 Å². The van der Waals surface area contributed by atoms with E-state index in [0.717, 1.165) is 0 Å². The Morgan fingerprint density at radius 3 is 2.33 bits per heavy atom. The summed E-state index contributed by atoms with van der Waals surface area (Å²) < 4.78 is 26.4. The highest BCUT2D eigenvalue weighted by atomic mass is 35.5. The van der Waals surface area contributed by atoms with Gasteiger partial charge in [0.25, 0.3) is 0 Å². The number of hydrogen-bond acceptors (Lipinski definition) is 4. The minimum absolute atomic E-state index is 0.0497. The van der Waals surface area contributed by atoms with Crippen molar-refractivity contribution in [3.05, 3.63) is 28.2 Å². The quantitative estimate of drug-likeness (QED) is 0.761. The number of aliphatic hydroxyl groups is 1. The van der Waals surface area contributed by atoms with Crippen molar-refractivity contribution < 1.29 is 13.5 Å². The second-order valence-corrected chi connectivity index (χ2v) is 6.72. The van der Waals surface area contributed by atoms with Gasteiger partial charge in [-0.2, -0.15) is 0 Å². The van der Waals surface area contributed by atoms with E-state index in [2.05, 4.69) is 10.0 Å². The molecule has 8 heteroatoms. The maximum atomic E-state index is 12.0. The largest absolute Gasteiger partial charge is 0.386 e. The molecule has 0 unspecified atom stereocenters. The van der Waals surface area contributed by atoms with Crippen LogP contribution >= 0.6 is 23.2 Å². The highest BCUT2D eigenvalue weighted by Gasteiger charge is 2.36. The minimum atomic E-state index is -3.83. The zero-order chi connectivity index (χ0) is 13.4. The molecule has 0 saturated carbocycles. The third-order valence-corrected chi connectivity index (χ3v) is 5.04. The second-order valence-electron chi connectivity index (χ2n) is 4.20. The van der Waals surface area contributed by atoms with E-state index < -0.39 is 15.6 Å². The lowest BCUT2D eigenvalue weighted by Gasteiger charge is -2.37. The van der Waals surface area contributed by atoms with E-state index in [9.17, 15) is 13.5 Å². The van der Waals surface area contributed by atoms with Crippen molar-refractivity contribution in [3.63, 3.8) is 0 Å². The van der Waals surface area contributed by atoms with Gasteiger partial charge in [-0.25, -0.2) is 13.1 Å². The highest BCUT2D eigenvalue weighted by Crippen LogP contribution is 2.28. The normalized spacial score (nSPS) is 18.4. The maximum absolute atomic E-state index is 12.0. The van der Waals surface area contributed by atoms with Crippen LogP contribution in [0.4, 0.5) is 0 Å². The summed E-state index contributed by atoms with van der Waals surface area (Å²) >= 11 is 11.7. The van der Waals surface area contributed by atoms with E-state index in [1.165, 1.54) is 12.1 Å². The van der Waals surface area contributed by atoms with Gasteiger partial charge in [-0.15, -0.1) is 0 Å². The topological polar surface area (TPSA) is 78.4 Å². The van der Waals surface area contributed by atoms with Crippen LogP contribution in [0.25, 0.3) is 0 Å². The Balaban J connectivity index is 2.20. The summed E-state index contributed by atoms with van der Waals surface area (Å²) in [6.45, 7) is 0.626. The molecule has 0 bridgehead atoms. The predicted molar refractivity (Wildman–Crippen MR) is 69.5 cm³/mol. The van der Waals surface area contributed by atoms with Gasteiger partial charge < -0.3 is 10.4 Å². The van der Waals surface area contributed by atoms with Crippen LogP contribution in [-0.4, -0.2) is 38.8 Å². The van der Waals surface area contributed by atoms with Gasteiger partial charge in [-0.05, 0) is 12.1 Å². The Morgan fingerprint density at radius 1 is 1.33 bits per heavy atom. The first-order valence-electron chi connectivity index (χ1n) is 5.21. The molecule has 1 heterocycles. The summed E-state index contributed by atoms with van der Waals surface area (Å²) in [5.74, 6) is 0. The Bertz CT molecular complexity index is 538. The summed E-state index contributed by atoms with van der Waals surface area (Å²) in [5, 5.41) is 12.8. The van der Waals surface area contributed by atoms with Crippen molar-refractivity contribution in [1.82, 2.24) is 10.0 Å². The molecular formula is C10H12Cl2N2O3S. The van der Waals surface area contributed by atoms with Crippen molar-refractivity contribution in [1.29, 1.82) is 0 Å². The number of β-amino-alcohol motifs (C(OH)–C–C–N with tert-alkyl or cyclic N) is 1. The lowest BCUT2D eigenvalue weighted by molar-refractivity contribution is -0.00397. The average molecular weight is 311 g/mol. The molecule has 0 amide bonds. The van der Waals surface area contributed by atoms with Crippen molar-refractivity contribution in [2.24, 2.45) is 0 Å². The zero-order valence-corrected chi connectivity index (χ0v) is 11.6. The van der Waals surface area contributed by atoms with Gasteiger partial charge >= 0.3 is 0 Å². The first kappa shape index (κ1) is 14.0. The van der Waals surface area contributed by atoms with Crippen LogP contribution in [0.2, 0.25) is 10.0 Å². The molecule has 1 aliphatic rings. The fourth-order valence-electron chi connectivity index (χ4n) is 1.58. The van der Waals surface area contributed by atoms with Crippen LogP contribution < -0.4 is 10.0 Å². The predicted octanol–water partition coefficient (Wildman–Crippen LogP) is 0.606. The molecule has 0 aliphatic carbocycles. The molecular weight excluding hydrogens is 299 g/mol. The highest BCUT2D eigenvalue weighted by molar-refractivity contribution is 7.89. The molecule has 100 valence electrons. The summed E-state index contributed by atoms with van der Waals surface area (Å²) in [5.41, 5.74) is -1.04. The van der Waals surface area contributed by atoms with Crippen molar-refractivity contribution in [2.75, 3.05) is 19.6 Å². The Morgan fingerprint density at radius 2 is 1.89 bits per heavy atom. The molecule has 1 aromatic rings. The van der Waals surface area contributed by atoms with Gasteiger partial charge in [0.1, 0.15) is 10.5 Å². The molecule has 18 heavy (non-hydrogen) atoms. The molecule has 5 nitrogen and oxygen atoms in total. The summed E-state index contributed by atoms with van der Waals surface area (Å²) in [6.07, 6.45) is 0. The number of benzene rings is 1. The van der Waals surface area contributed by atoms with Crippen molar-refractivity contribution >= 4 is 33.2 Å². The fraction of sp³-hybridized carbons (Fsp3) is 0.400. The average Bonchev–Trinajstić information content (AvgIpc) is 2.23. The summed E-state index contributed by atoms with van der Waals surface area (Å²) in [7, 11) is -3.83. The van der Waals surface area contributed by atoms with E-state index >= 15 is 0 Å². The summed E-state index contributed by atoms with van der Waals surface area (Å²) in [6, 6.07) is 4.45. The van der Waals surface area contributed by atoms with Crippen LogP contribution in [0.15, 0.2) is 23.1 Å². The number of halogens is 2. The lowest BCUT2D eigenvalue weighted by atomic mass is 9.98. The van der Waals surface area contributed by atoms with Crippen LogP contribution in [0.3, 0.4) is 0 Å². The third-order valence-electron chi connectivity index (χ3n) is 2.69. The number of sulfonamides is 1. The number of hydrogen-bond donors (Lipinski definition) is 3. The maximum Gasteiger partial charge on any atom is 0.243 e. The van der Waals surface area contributed by atoms with Gasteiger partial charge in [0.15, 0.2) is 0 Å². The van der Waals surface area contributed by atoms with Crippen molar-refractivity contribution in [3.8, 4) is 0 Å². The monoisotopic (exact) mass is 310 g/mol. The van der Waals surface area contributed by atoms with E-state index in [4.69, 9.17) is 23.2 Å². The van der Waals surface area contributed by atoms with Gasteiger partial charge in [0.05, 0.1) is 10.0 Å². The van der Waals surface area contributed by atoms with E-state index in [-0.39, 0.29) is 21.5 Å². The molecule has 2 rings (SSSR count). The molecule has 0 spiro atoms. The van der Waals surface area contributed by atoms with Gasteiger partial charge in [-0.1, -0.05) is 29.3 Å². The molecule has 0 aromatic heterocycles. The number of nitrogens with one attached hydrogen (secondary N) is 2. The minimum Gasteiger partial charge on any atom is -0.386 e. The second kappa shape index (κ2) is 4.96. The first-order valence-corrected chi connectivity index (χ1v) is 7.45. The fourth-order valence-corrected chi connectivity index (χ4v) is 3.84. The first-order chi connectivity index (χ1) is 8.34. The smallest absolute Gasteiger partial charge is 0.243 e. The molecule has 0 atom stereocenters. The number of rotatable bonds is 4. The van der Waals surface area contributed by atoms with Crippen LogP contribution in [0.1, 0.15) is 0 Å². The third kappa shape index (κ3) is 2.79. The van der Waals surface area contributed by atoms with E-state index in [0.29, 0.717) is 13.1 Å². The molecule has 0 radical (unpaired) electrons. The Hall–Kier alpha value is -0.370. The van der Waals surface area contributed by atoms with Gasteiger partial charge in [-0.3, -0.25) is 0 Å². The SMILES string of the molecule is O=S(=O)(NCC1(O)CNC1)c1c(Cl)cccc1Cl. The van der Waals surface area contributed by atoms with E-state index in [1.807, 2.05) is 0 Å². The standard InChI is InChI=1S/C10H12Cl2N2O3S/c11-7-2-1-3-8(12)9(7)18(16,17)14-6-10(15)4-13-5-10/h1-3,13-15H,4-6H2. The van der Waals surface area contributed by atoms with E-state index in [1.54, 1.807) is 6.07 Å². The molecule has 1 aromatic carbocycles. The summed E-state index contributed by atoms with van der Waals surface area (Å²) in [4.78, 5) is -0.163.